The molecular formula is C17H19FN6O. The minimum atomic E-state index is -0.652. The second-order valence-electron chi connectivity index (χ2n) is 5.88. The summed E-state index contributed by atoms with van der Waals surface area (Å²) < 4.78 is 13.7. The number of aromatic amines is 1. The largest absolute Gasteiger partial charge is 0.396 e. The van der Waals surface area contributed by atoms with Crippen molar-refractivity contribution >= 4 is 29.0 Å². The number of anilines is 3. The fourth-order valence-electron chi connectivity index (χ4n) is 3.03. The van der Waals surface area contributed by atoms with Crippen LogP contribution in [0, 0.1) is 11.2 Å². The molecule has 3 rings (SSSR count). The monoisotopic (exact) mass is 342 g/mol. The zero-order chi connectivity index (χ0) is 18.1. The van der Waals surface area contributed by atoms with Gasteiger partial charge in [-0.15, -0.1) is 0 Å². The Morgan fingerprint density at radius 1 is 1.16 bits per heavy atom. The normalized spacial score (nSPS) is 14.2. The number of aliphatic imine (C=N–C) groups is 1. The van der Waals surface area contributed by atoms with Gasteiger partial charge in [-0.1, -0.05) is 6.07 Å². The zero-order valence-electron chi connectivity index (χ0n) is 13.5. The predicted molar refractivity (Wildman–Crippen MR) is 98.8 cm³/mol. The van der Waals surface area contributed by atoms with E-state index in [-0.39, 0.29) is 28.2 Å². The van der Waals surface area contributed by atoms with Crippen LogP contribution in [-0.2, 0) is 0 Å². The molecule has 1 aromatic heterocycles. The molecule has 1 aliphatic heterocycles. The number of benzene rings is 1. The van der Waals surface area contributed by atoms with Gasteiger partial charge in [0.2, 0.25) is 0 Å². The Hall–Kier alpha value is -3.16. The molecule has 0 unspecified atom stereocenters. The molecule has 130 valence electrons. The number of rotatable bonds is 3. The number of nitrogens with zero attached hydrogens (tertiary/aromatic N) is 1. The molecule has 0 bridgehead atoms. The first-order chi connectivity index (χ1) is 12.0. The summed E-state index contributed by atoms with van der Waals surface area (Å²) in [5, 5.41) is 7.55. The molecule has 2 aromatic rings. The maximum Gasteiger partial charge on any atom is 0.272 e. The van der Waals surface area contributed by atoms with Crippen LogP contribution in [0.25, 0.3) is 11.1 Å². The van der Waals surface area contributed by atoms with Gasteiger partial charge in [0.1, 0.15) is 11.5 Å². The van der Waals surface area contributed by atoms with Crippen molar-refractivity contribution in [3.05, 3.63) is 39.6 Å². The van der Waals surface area contributed by atoms with E-state index >= 15 is 0 Å². The quantitative estimate of drug-likeness (QED) is 0.428. The highest BCUT2D eigenvalue weighted by Crippen LogP contribution is 2.36. The van der Waals surface area contributed by atoms with Gasteiger partial charge in [-0.2, -0.15) is 0 Å². The maximum atomic E-state index is 13.7. The van der Waals surface area contributed by atoms with E-state index in [9.17, 15) is 9.18 Å². The van der Waals surface area contributed by atoms with Crippen molar-refractivity contribution in [3.63, 3.8) is 0 Å². The van der Waals surface area contributed by atoms with Crippen LogP contribution >= 0.6 is 0 Å². The molecule has 0 amide bonds. The van der Waals surface area contributed by atoms with E-state index < -0.39 is 11.4 Å². The number of pyridine rings is 1. The summed E-state index contributed by atoms with van der Waals surface area (Å²) in [6.07, 6.45) is 3.56. The lowest BCUT2D eigenvalue weighted by molar-refractivity contribution is 0.632. The number of hydrogen-bond donors (Lipinski definition) is 5. The first kappa shape index (κ1) is 16.7. The second-order valence-corrected chi connectivity index (χ2v) is 5.88. The van der Waals surface area contributed by atoms with Crippen molar-refractivity contribution in [1.82, 2.24) is 4.98 Å². The number of nitrogen functional groups attached to an aromatic ring is 3. The van der Waals surface area contributed by atoms with Crippen LogP contribution < -0.4 is 22.8 Å². The molecule has 7 nitrogen and oxygen atoms in total. The predicted octanol–water partition coefficient (Wildman–Crippen LogP) is 1.90. The first-order valence-electron chi connectivity index (χ1n) is 7.89. The molecule has 0 fully saturated rings. The number of aromatic nitrogens is 1. The van der Waals surface area contributed by atoms with Gasteiger partial charge < -0.3 is 27.6 Å². The van der Waals surface area contributed by atoms with Crippen LogP contribution in [-0.4, -0.2) is 23.5 Å². The molecule has 8 N–H and O–H groups in total. The minimum absolute atomic E-state index is 0.105. The molecule has 0 atom stereocenters. The molecule has 0 saturated heterocycles. The van der Waals surface area contributed by atoms with Crippen molar-refractivity contribution in [1.29, 1.82) is 5.41 Å². The molecule has 25 heavy (non-hydrogen) atoms. The topological polar surface area (TPSA) is 147 Å². The third-order valence-corrected chi connectivity index (χ3v) is 4.35. The van der Waals surface area contributed by atoms with Gasteiger partial charge in [0.15, 0.2) is 0 Å². The van der Waals surface area contributed by atoms with Crippen LogP contribution in [0.4, 0.5) is 21.5 Å². The molecule has 0 aliphatic carbocycles. The lowest BCUT2D eigenvalue weighted by Gasteiger charge is -2.18. The SMILES string of the molecule is N=Cc1c(-c2c(N)c(C3=NCCCC3)[nH]c(=O)c2N)ccc(F)c1N. The van der Waals surface area contributed by atoms with E-state index in [1.54, 1.807) is 0 Å². The maximum absolute atomic E-state index is 13.7. The number of nitrogens with one attached hydrogen (secondary N) is 2. The average molecular weight is 342 g/mol. The van der Waals surface area contributed by atoms with E-state index in [1.165, 1.54) is 6.07 Å². The zero-order valence-corrected chi connectivity index (χ0v) is 13.5. The lowest BCUT2D eigenvalue weighted by Crippen LogP contribution is -2.22. The molecule has 1 aromatic carbocycles. The minimum Gasteiger partial charge on any atom is -0.396 e. The lowest BCUT2D eigenvalue weighted by atomic mass is 9.94. The fourth-order valence-corrected chi connectivity index (χ4v) is 3.03. The molecule has 0 radical (unpaired) electrons. The third kappa shape index (κ3) is 2.75. The van der Waals surface area contributed by atoms with Crippen molar-refractivity contribution in [3.8, 4) is 11.1 Å². The second kappa shape index (κ2) is 6.39. The molecule has 2 heterocycles. The summed E-state index contributed by atoms with van der Waals surface area (Å²) in [6, 6.07) is 2.58. The van der Waals surface area contributed by atoms with E-state index in [1.807, 2.05) is 0 Å². The molecule has 8 heteroatoms. The van der Waals surface area contributed by atoms with Gasteiger partial charge in [-0.25, -0.2) is 4.39 Å². The molecular weight excluding hydrogens is 323 g/mol. The van der Waals surface area contributed by atoms with E-state index in [2.05, 4.69) is 9.98 Å². The highest BCUT2D eigenvalue weighted by molar-refractivity contribution is 6.09. The Morgan fingerprint density at radius 3 is 2.56 bits per heavy atom. The number of H-pyrrole nitrogens is 1. The number of halogens is 1. The average Bonchev–Trinajstić information content (AvgIpc) is 2.62. The van der Waals surface area contributed by atoms with Crippen molar-refractivity contribution in [2.24, 2.45) is 4.99 Å². The number of hydrogen-bond acceptors (Lipinski definition) is 6. The van der Waals surface area contributed by atoms with E-state index in [4.69, 9.17) is 22.6 Å². The molecule has 1 aliphatic rings. The van der Waals surface area contributed by atoms with E-state index in [0.717, 1.165) is 25.1 Å². The summed E-state index contributed by atoms with van der Waals surface area (Å²) in [5.74, 6) is -0.652. The van der Waals surface area contributed by atoms with Crippen molar-refractivity contribution < 1.29 is 4.39 Å². The standard InChI is InChI=1S/C17H19FN6O/c18-10-5-4-8(9(7-19)13(10)20)12-14(21)16(24-17(25)15(12)22)11-3-1-2-6-23-11/h4-5,7,19H,1-3,6,20-22H2,(H,24,25). The van der Waals surface area contributed by atoms with Gasteiger partial charge in [0.25, 0.3) is 5.56 Å². The summed E-state index contributed by atoms with van der Waals surface area (Å²) in [4.78, 5) is 19.5. The van der Waals surface area contributed by atoms with E-state index in [0.29, 0.717) is 29.9 Å². The van der Waals surface area contributed by atoms with Gasteiger partial charge in [0, 0.05) is 23.9 Å². The van der Waals surface area contributed by atoms with Gasteiger partial charge in [-0.3, -0.25) is 9.79 Å². The Bertz CT molecular complexity index is 947. The summed E-state index contributed by atoms with van der Waals surface area (Å²) in [5.41, 5.74) is 19.3. The highest BCUT2D eigenvalue weighted by atomic mass is 19.1. The Balaban J connectivity index is 2.33. The summed E-state index contributed by atoms with van der Waals surface area (Å²) in [7, 11) is 0. The van der Waals surface area contributed by atoms with Crippen LogP contribution in [0.5, 0.6) is 0 Å². The Morgan fingerprint density at radius 2 is 1.92 bits per heavy atom. The van der Waals surface area contributed by atoms with Gasteiger partial charge >= 0.3 is 0 Å². The Labute approximate surface area is 143 Å². The fraction of sp³-hybridized carbons (Fsp3) is 0.235. The van der Waals surface area contributed by atoms with Crippen LogP contribution in [0.1, 0.15) is 30.5 Å². The third-order valence-electron chi connectivity index (χ3n) is 4.35. The first-order valence-corrected chi connectivity index (χ1v) is 7.89. The highest BCUT2D eigenvalue weighted by Gasteiger charge is 2.22. The van der Waals surface area contributed by atoms with Crippen LogP contribution in [0.3, 0.4) is 0 Å². The smallest absolute Gasteiger partial charge is 0.272 e. The number of nitrogens with two attached hydrogens (primary N) is 3. The Kier molecular flexibility index (Phi) is 4.26. The summed E-state index contributed by atoms with van der Waals surface area (Å²) in [6.45, 7) is 0.672. The van der Waals surface area contributed by atoms with Crippen molar-refractivity contribution in [2.45, 2.75) is 19.3 Å². The van der Waals surface area contributed by atoms with Crippen molar-refractivity contribution in [2.75, 3.05) is 23.7 Å². The van der Waals surface area contributed by atoms with Crippen LogP contribution in [0.2, 0.25) is 0 Å². The molecule has 0 spiro atoms. The van der Waals surface area contributed by atoms with Crippen LogP contribution in [0.15, 0.2) is 21.9 Å². The van der Waals surface area contributed by atoms with Gasteiger partial charge in [-0.05, 0) is 30.9 Å². The summed E-state index contributed by atoms with van der Waals surface area (Å²) >= 11 is 0. The molecule has 0 saturated carbocycles. The van der Waals surface area contributed by atoms with Gasteiger partial charge in [0.05, 0.1) is 22.8 Å².